The van der Waals surface area contributed by atoms with E-state index in [4.69, 9.17) is 4.42 Å². The predicted molar refractivity (Wildman–Crippen MR) is 95.0 cm³/mol. The van der Waals surface area contributed by atoms with Crippen LogP contribution in [-0.2, 0) is 13.0 Å². The first-order valence-electron chi connectivity index (χ1n) is 8.23. The highest BCUT2D eigenvalue weighted by atomic mass is 32.1. The van der Waals surface area contributed by atoms with Gasteiger partial charge in [0.25, 0.3) is 5.89 Å². The summed E-state index contributed by atoms with van der Waals surface area (Å²) in [5.74, 6) is 1.21. The van der Waals surface area contributed by atoms with E-state index in [-0.39, 0.29) is 12.1 Å². The van der Waals surface area contributed by atoms with Crippen LogP contribution < -0.4 is 5.32 Å². The Balaban J connectivity index is 1.61. The number of nitrogens with one attached hydrogen (secondary N) is 1. The van der Waals surface area contributed by atoms with Crippen molar-refractivity contribution in [2.45, 2.75) is 52.7 Å². The van der Waals surface area contributed by atoms with Gasteiger partial charge in [0.2, 0.25) is 5.89 Å². The fraction of sp³-hybridized carbons (Fsp3) is 0.471. The lowest BCUT2D eigenvalue weighted by Crippen LogP contribution is -2.33. The molecule has 0 bridgehead atoms. The van der Waals surface area contributed by atoms with Crippen LogP contribution in [0.5, 0.6) is 0 Å². The SMILES string of the molecule is CCc1sc(-c2nnc(CN[C@H](C)[C@@H](C)n3cccn3)o2)cc1C. The van der Waals surface area contributed by atoms with Gasteiger partial charge in [-0.15, -0.1) is 21.5 Å². The highest BCUT2D eigenvalue weighted by Gasteiger charge is 2.16. The summed E-state index contributed by atoms with van der Waals surface area (Å²) in [6, 6.07) is 4.53. The van der Waals surface area contributed by atoms with Crippen LogP contribution in [0.15, 0.2) is 28.9 Å². The van der Waals surface area contributed by atoms with Crippen molar-refractivity contribution in [3.63, 3.8) is 0 Å². The molecule has 6 nitrogen and oxygen atoms in total. The van der Waals surface area contributed by atoms with E-state index >= 15 is 0 Å². The molecule has 0 aromatic carbocycles. The molecule has 3 aromatic rings. The van der Waals surface area contributed by atoms with Crippen molar-refractivity contribution in [2.24, 2.45) is 0 Å². The van der Waals surface area contributed by atoms with E-state index in [1.54, 1.807) is 17.5 Å². The van der Waals surface area contributed by atoms with Crippen LogP contribution in [0.4, 0.5) is 0 Å². The van der Waals surface area contributed by atoms with Crippen LogP contribution >= 0.6 is 11.3 Å². The first-order valence-corrected chi connectivity index (χ1v) is 9.04. The third-order valence-electron chi connectivity index (χ3n) is 4.26. The molecule has 0 amide bonds. The van der Waals surface area contributed by atoms with Crippen LogP contribution in [0, 0.1) is 6.92 Å². The summed E-state index contributed by atoms with van der Waals surface area (Å²) in [7, 11) is 0. The summed E-state index contributed by atoms with van der Waals surface area (Å²) < 4.78 is 7.75. The number of hydrogen-bond donors (Lipinski definition) is 1. The second kappa shape index (κ2) is 7.27. The average Bonchev–Trinajstić information content (AvgIpc) is 3.31. The zero-order valence-electron chi connectivity index (χ0n) is 14.5. The summed E-state index contributed by atoms with van der Waals surface area (Å²) in [6.07, 6.45) is 4.79. The van der Waals surface area contributed by atoms with E-state index in [1.807, 2.05) is 16.9 Å². The van der Waals surface area contributed by atoms with Crippen LogP contribution in [0.3, 0.4) is 0 Å². The van der Waals surface area contributed by atoms with Crippen molar-refractivity contribution in [2.75, 3.05) is 0 Å². The number of nitrogens with zero attached hydrogens (tertiary/aromatic N) is 4. The summed E-state index contributed by atoms with van der Waals surface area (Å²) in [5.41, 5.74) is 1.29. The lowest BCUT2D eigenvalue weighted by Gasteiger charge is -2.20. The molecule has 0 aliphatic heterocycles. The summed E-state index contributed by atoms with van der Waals surface area (Å²) in [6.45, 7) is 9.08. The Labute approximate surface area is 145 Å². The zero-order valence-corrected chi connectivity index (χ0v) is 15.3. The largest absolute Gasteiger partial charge is 0.419 e. The number of rotatable bonds is 7. The first kappa shape index (κ1) is 16.9. The number of thiophene rings is 1. The summed E-state index contributed by atoms with van der Waals surface area (Å²) >= 11 is 1.73. The molecule has 0 aliphatic carbocycles. The minimum atomic E-state index is 0.232. The molecule has 3 aromatic heterocycles. The van der Waals surface area contributed by atoms with Gasteiger partial charge in [0.1, 0.15) is 0 Å². The van der Waals surface area contributed by atoms with Crippen LogP contribution in [0.25, 0.3) is 10.8 Å². The standard InChI is InChI=1S/C17H23N5OS/c1-5-14-11(2)9-15(24-14)17-21-20-16(23-17)10-18-12(3)13(4)22-8-6-7-19-22/h6-9,12-13,18H,5,10H2,1-4H3/t12-,13-/m1/s1. The Kier molecular flexibility index (Phi) is 5.11. The van der Waals surface area contributed by atoms with Crippen molar-refractivity contribution >= 4 is 11.3 Å². The third-order valence-corrected chi connectivity index (χ3v) is 5.63. The second-order valence-corrected chi connectivity index (χ2v) is 7.10. The zero-order chi connectivity index (χ0) is 17.1. The van der Waals surface area contributed by atoms with E-state index in [2.05, 4.69) is 54.4 Å². The summed E-state index contributed by atoms with van der Waals surface area (Å²) in [4.78, 5) is 2.41. The van der Waals surface area contributed by atoms with Crippen LogP contribution in [-0.4, -0.2) is 26.0 Å². The van der Waals surface area contributed by atoms with Gasteiger partial charge >= 0.3 is 0 Å². The maximum atomic E-state index is 5.81. The molecule has 0 saturated carbocycles. The molecule has 128 valence electrons. The monoisotopic (exact) mass is 345 g/mol. The third kappa shape index (κ3) is 3.57. The van der Waals surface area contributed by atoms with E-state index < -0.39 is 0 Å². The van der Waals surface area contributed by atoms with Crippen molar-refractivity contribution in [1.82, 2.24) is 25.3 Å². The van der Waals surface area contributed by atoms with E-state index in [0.717, 1.165) is 11.3 Å². The predicted octanol–water partition coefficient (Wildman–Crippen LogP) is 3.60. The Morgan fingerprint density at radius 3 is 2.83 bits per heavy atom. The average molecular weight is 345 g/mol. The van der Waals surface area contributed by atoms with Gasteiger partial charge < -0.3 is 9.73 Å². The molecule has 3 heterocycles. The van der Waals surface area contributed by atoms with Gasteiger partial charge in [-0.2, -0.15) is 5.10 Å². The molecule has 0 saturated heterocycles. The van der Waals surface area contributed by atoms with Crippen molar-refractivity contribution in [3.8, 4) is 10.8 Å². The minimum Gasteiger partial charge on any atom is -0.419 e. The second-order valence-electron chi connectivity index (χ2n) is 5.97. The number of aryl methyl sites for hydroxylation is 2. The van der Waals surface area contributed by atoms with Gasteiger partial charge in [-0.25, -0.2) is 0 Å². The quantitative estimate of drug-likeness (QED) is 0.708. The van der Waals surface area contributed by atoms with Crippen LogP contribution in [0.2, 0.25) is 0 Å². The molecule has 7 heteroatoms. The highest BCUT2D eigenvalue weighted by molar-refractivity contribution is 7.15. The molecule has 0 unspecified atom stereocenters. The molecule has 0 fully saturated rings. The topological polar surface area (TPSA) is 68.8 Å². The Bertz CT molecular complexity index is 777. The lowest BCUT2D eigenvalue weighted by molar-refractivity contribution is 0.349. The molecule has 3 rings (SSSR count). The van der Waals surface area contributed by atoms with Gasteiger partial charge in [0, 0.05) is 23.3 Å². The smallest absolute Gasteiger partial charge is 0.257 e. The lowest BCUT2D eigenvalue weighted by atomic mass is 10.2. The number of hydrogen-bond acceptors (Lipinski definition) is 6. The fourth-order valence-electron chi connectivity index (χ4n) is 2.57. The molecule has 2 atom stereocenters. The van der Waals surface area contributed by atoms with Crippen LogP contribution in [0.1, 0.15) is 43.1 Å². The molecular formula is C17H23N5OS. The van der Waals surface area contributed by atoms with Gasteiger partial charge in [-0.1, -0.05) is 6.92 Å². The normalized spacial score (nSPS) is 14.0. The summed E-state index contributed by atoms with van der Waals surface area (Å²) in [5, 5.41) is 16.0. The Morgan fingerprint density at radius 1 is 1.33 bits per heavy atom. The molecule has 0 radical (unpaired) electrons. The molecule has 0 aliphatic rings. The Hall–Kier alpha value is -1.99. The van der Waals surface area contributed by atoms with Gasteiger partial charge in [-0.05, 0) is 44.9 Å². The molecule has 24 heavy (non-hydrogen) atoms. The van der Waals surface area contributed by atoms with Gasteiger partial charge in [0.05, 0.1) is 17.5 Å². The maximum absolute atomic E-state index is 5.81. The maximum Gasteiger partial charge on any atom is 0.257 e. The molecule has 1 N–H and O–H groups in total. The van der Waals surface area contributed by atoms with E-state index in [9.17, 15) is 0 Å². The minimum absolute atomic E-state index is 0.232. The van der Waals surface area contributed by atoms with E-state index in [0.29, 0.717) is 18.3 Å². The fourth-order valence-corrected chi connectivity index (χ4v) is 3.61. The van der Waals surface area contributed by atoms with Crippen molar-refractivity contribution in [1.29, 1.82) is 0 Å². The molecule has 0 spiro atoms. The van der Waals surface area contributed by atoms with Gasteiger partial charge in [0.15, 0.2) is 0 Å². The van der Waals surface area contributed by atoms with Crippen molar-refractivity contribution in [3.05, 3.63) is 40.9 Å². The van der Waals surface area contributed by atoms with Gasteiger partial charge in [-0.3, -0.25) is 4.68 Å². The van der Waals surface area contributed by atoms with E-state index in [1.165, 1.54) is 10.4 Å². The van der Waals surface area contributed by atoms with Crippen molar-refractivity contribution < 1.29 is 4.42 Å². The molecular weight excluding hydrogens is 322 g/mol. The highest BCUT2D eigenvalue weighted by Crippen LogP contribution is 2.30. The first-order chi connectivity index (χ1) is 11.6. The number of aromatic nitrogens is 4. The Morgan fingerprint density at radius 2 is 2.17 bits per heavy atom.